The highest BCUT2D eigenvalue weighted by atomic mass is 16.5. The topological polar surface area (TPSA) is 24.5 Å². The van der Waals surface area contributed by atoms with E-state index in [4.69, 9.17) is 4.74 Å². The first-order valence-corrected chi connectivity index (χ1v) is 7.30. The number of rotatable bonds is 7. The molecular weight excluding hydrogens is 260 g/mol. The van der Waals surface area contributed by atoms with E-state index in [0.29, 0.717) is 0 Å². The van der Waals surface area contributed by atoms with E-state index in [9.17, 15) is 0 Å². The lowest BCUT2D eigenvalue weighted by molar-refractivity contribution is 0.415. The highest BCUT2D eigenvalue weighted by molar-refractivity contribution is 5.50. The van der Waals surface area contributed by atoms with Crippen LogP contribution in [-0.2, 0) is 13.0 Å². The van der Waals surface area contributed by atoms with Gasteiger partial charge in [0.1, 0.15) is 5.75 Å². The van der Waals surface area contributed by atoms with Crippen molar-refractivity contribution < 1.29 is 4.74 Å². The van der Waals surface area contributed by atoms with Crippen LogP contribution < -0.4 is 15.0 Å². The van der Waals surface area contributed by atoms with Gasteiger partial charge >= 0.3 is 0 Å². The molecule has 0 atom stereocenters. The van der Waals surface area contributed by atoms with E-state index in [2.05, 4.69) is 53.7 Å². The number of methoxy groups -OCH3 is 1. The van der Waals surface area contributed by atoms with Gasteiger partial charge in [0.15, 0.2) is 0 Å². The summed E-state index contributed by atoms with van der Waals surface area (Å²) < 4.78 is 5.28. The van der Waals surface area contributed by atoms with Crippen molar-refractivity contribution in [3.05, 3.63) is 59.7 Å². The fraction of sp³-hybridized carbons (Fsp3) is 0.333. The summed E-state index contributed by atoms with van der Waals surface area (Å²) in [6, 6.07) is 17.0. The molecule has 21 heavy (non-hydrogen) atoms. The molecule has 1 N–H and O–H groups in total. The van der Waals surface area contributed by atoms with Crippen molar-refractivity contribution in [2.75, 3.05) is 32.6 Å². The summed E-state index contributed by atoms with van der Waals surface area (Å²) in [6.45, 7) is 1.91. The molecule has 2 rings (SSSR count). The van der Waals surface area contributed by atoms with E-state index in [0.717, 1.165) is 30.9 Å². The van der Waals surface area contributed by atoms with Crippen LogP contribution >= 0.6 is 0 Å². The van der Waals surface area contributed by atoms with Crippen LogP contribution in [0.4, 0.5) is 5.69 Å². The quantitative estimate of drug-likeness (QED) is 0.845. The maximum absolute atomic E-state index is 5.28. The largest absolute Gasteiger partial charge is 0.497 e. The van der Waals surface area contributed by atoms with Gasteiger partial charge in [-0.25, -0.2) is 0 Å². The van der Waals surface area contributed by atoms with Crippen molar-refractivity contribution in [1.82, 2.24) is 5.32 Å². The number of nitrogens with zero attached hydrogens (tertiary/aromatic N) is 1. The van der Waals surface area contributed by atoms with Gasteiger partial charge in [-0.3, -0.25) is 0 Å². The zero-order valence-electron chi connectivity index (χ0n) is 13.1. The Morgan fingerprint density at radius 1 is 1.05 bits per heavy atom. The van der Waals surface area contributed by atoms with Crippen LogP contribution in [0.15, 0.2) is 48.5 Å². The van der Waals surface area contributed by atoms with Crippen molar-refractivity contribution in [3.63, 3.8) is 0 Å². The van der Waals surface area contributed by atoms with Crippen LogP contribution in [0, 0.1) is 0 Å². The predicted octanol–water partition coefficient (Wildman–Crippen LogP) is 3.09. The number of hydrogen-bond donors (Lipinski definition) is 1. The second kappa shape index (κ2) is 7.70. The molecule has 0 saturated carbocycles. The molecule has 0 radical (unpaired) electrons. The number of nitrogens with one attached hydrogen (secondary N) is 1. The third-order valence-corrected chi connectivity index (χ3v) is 3.60. The van der Waals surface area contributed by atoms with Crippen molar-refractivity contribution in [1.29, 1.82) is 0 Å². The molecule has 0 aliphatic rings. The number of likely N-dealkylation sites (N-methyl/N-ethyl adjacent to an activating group) is 1. The van der Waals surface area contributed by atoms with E-state index in [1.165, 1.54) is 11.1 Å². The van der Waals surface area contributed by atoms with E-state index < -0.39 is 0 Å². The molecule has 0 saturated heterocycles. The normalized spacial score (nSPS) is 10.4. The average molecular weight is 284 g/mol. The average Bonchev–Trinajstić information content (AvgIpc) is 2.54. The second-order valence-corrected chi connectivity index (χ2v) is 5.23. The minimum atomic E-state index is 0.888. The summed E-state index contributed by atoms with van der Waals surface area (Å²) in [7, 11) is 5.78. The molecule has 0 spiro atoms. The summed E-state index contributed by atoms with van der Waals surface area (Å²) in [5.41, 5.74) is 3.85. The van der Waals surface area contributed by atoms with Crippen LogP contribution in [0.1, 0.15) is 11.1 Å². The molecule has 2 aromatic carbocycles. The molecule has 0 heterocycles. The van der Waals surface area contributed by atoms with E-state index in [1.807, 2.05) is 19.2 Å². The van der Waals surface area contributed by atoms with Gasteiger partial charge in [0.05, 0.1) is 7.11 Å². The van der Waals surface area contributed by atoms with Crippen LogP contribution in [0.3, 0.4) is 0 Å². The highest BCUT2D eigenvalue weighted by Gasteiger charge is 2.03. The summed E-state index contributed by atoms with van der Waals surface area (Å²) in [4.78, 5) is 2.23. The number of ether oxygens (including phenoxy) is 1. The summed E-state index contributed by atoms with van der Waals surface area (Å²) in [5.74, 6) is 0.891. The summed E-state index contributed by atoms with van der Waals surface area (Å²) in [6.07, 6.45) is 1.07. The van der Waals surface area contributed by atoms with Crippen molar-refractivity contribution in [2.24, 2.45) is 0 Å². The van der Waals surface area contributed by atoms with Gasteiger partial charge < -0.3 is 15.0 Å². The van der Waals surface area contributed by atoms with Gasteiger partial charge in [-0.15, -0.1) is 0 Å². The molecule has 3 nitrogen and oxygen atoms in total. The Balaban J connectivity index is 1.99. The molecule has 0 unspecified atom stereocenters. The Kier molecular flexibility index (Phi) is 5.64. The summed E-state index contributed by atoms with van der Waals surface area (Å²) >= 11 is 0. The Labute approximate surface area is 127 Å². The monoisotopic (exact) mass is 284 g/mol. The number of benzene rings is 2. The lowest BCUT2D eigenvalue weighted by Crippen LogP contribution is -2.16. The van der Waals surface area contributed by atoms with Crippen LogP contribution in [0.5, 0.6) is 5.75 Å². The second-order valence-electron chi connectivity index (χ2n) is 5.23. The third-order valence-electron chi connectivity index (χ3n) is 3.60. The van der Waals surface area contributed by atoms with Gasteiger partial charge in [0.2, 0.25) is 0 Å². The van der Waals surface area contributed by atoms with E-state index in [-0.39, 0.29) is 0 Å². The molecular formula is C18H24N2O. The minimum Gasteiger partial charge on any atom is -0.497 e. The summed E-state index contributed by atoms with van der Waals surface area (Å²) in [5, 5.41) is 3.18. The first-order chi connectivity index (χ1) is 10.2. The maximum Gasteiger partial charge on any atom is 0.120 e. The van der Waals surface area contributed by atoms with Gasteiger partial charge in [-0.1, -0.05) is 30.3 Å². The minimum absolute atomic E-state index is 0.888. The van der Waals surface area contributed by atoms with Crippen molar-refractivity contribution in [2.45, 2.75) is 13.0 Å². The van der Waals surface area contributed by atoms with Crippen molar-refractivity contribution in [3.8, 4) is 5.75 Å². The van der Waals surface area contributed by atoms with E-state index >= 15 is 0 Å². The lowest BCUT2D eigenvalue weighted by atomic mass is 10.1. The Morgan fingerprint density at radius 2 is 1.76 bits per heavy atom. The molecule has 0 amide bonds. The molecule has 0 fully saturated rings. The zero-order chi connectivity index (χ0) is 15.1. The lowest BCUT2D eigenvalue weighted by Gasteiger charge is -2.20. The Morgan fingerprint density at radius 3 is 2.43 bits per heavy atom. The molecule has 2 aromatic rings. The number of hydrogen-bond acceptors (Lipinski definition) is 3. The molecule has 112 valence electrons. The molecule has 0 aliphatic carbocycles. The Bertz CT molecular complexity index is 551. The van der Waals surface area contributed by atoms with E-state index in [1.54, 1.807) is 7.11 Å². The van der Waals surface area contributed by atoms with Crippen LogP contribution in [-0.4, -0.2) is 27.7 Å². The molecule has 3 heteroatoms. The number of anilines is 1. The van der Waals surface area contributed by atoms with Crippen LogP contribution in [0.2, 0.25) is 0 Å². The molecule has 0 aromatic heterocycles. The van der Waals surface area contributed by atoms with Crippen molar-refractivity contribution >= 4 is 5.69 Å². The third kappa shape index (κ3) is 4.50. The predicted molar refractivity (Wildman–Crippen MR) is 89.2 cm³/mol. The Hall–Kier alpha value is -2.00. The maximum atomic E-state index is 5.28. The first kappa shape index (κ1) is 15.4. The fourth-order valence-electron chi connectivity index (χ4n) is 2.29. The molecule has 0 bridgehead atoms. The fourth-order valence-corrected chi connectivity index (χ4v) is 2.29. The highest BCUT2D eigenvalue weighted by Crippen LogP contribution is 2.21. The van der Waals surface area contributed by atoms with Gasteiger partial charge in [-0.05, 0) is 43.3 Å². The SMILES string of the molecule is CNCCc1ccc(CN(C)c2cccc(OC)c2)cc1. The van der Waals surface area contributed by atoms with Gasteiger partial charge in [0, 0.05) is 25.3 Å². The first-order valence-electron chi connectivity index (χ1n) is 7.30. The standard InChI is InChI=1S/C18H24N2O/c1-19-12-11-15-7-9-16(10-8-15)14-20(2)17-5-4-6-18(13-17)21-3/h4-10,13,19H,11-12,14H2,1-3H3. The van der Waals surface area contributed by atoms with Gasteiger partial charge in [-0.2, -0.15) is 0 Å². The zero-order valence-corrected chi connectivity index (χ0v) is 13.1. The molecule has 0 aliphatic heterocycles. The van der Waals surface area contributed by atoms with Crippen LogP contribution in [0.25, 0.3) is 0 Å². The smallest absolute Gasteiger partial charge is 0.120 e. The van der Waals surface area contributed by atoms with Gasteiger partial charge in [0.25, 0.3) is 0 Å².